The number of amides is 1. The fourth-order valence-corrected chi connectivity index (χ4v) is 2.09. The molecule has 0 saturated heterocycles. The minimum absolute atomic E-state index is 0.130. The molecule has 0 radical (unpaired) electrons. The van der Waals surface area contributed by atoms with Gasteiger partial charge in [-0.15, -0.1) is 0 Å². The molecule has 1 rings (SSSR count). The third-order valence-electron chi connectivity index (χ3n) is 2.61. The first-order chi connectivity index (χ1) is 9.81. The summed E-state index contributed by atoms with van der Waals surface area (Å²) in [6, 6.07) is 3.03. The van der Waals surface area contributed by atoms with Crippen LogP contribution >= 0.6 is 23.2 Å². The number of carbonyl (C=O) groups excluding carboxylic acids is 1. The predicted octanol–water partition coefficient (Wildman–Crippen LogP) is 3.34. The summed E-state index contributed by atoms with van der Waals surface area (Å²) in [7, 11) is 0. The lowest BCUT2D eigenvalue weighted by molar-refractivity contribution is -0.127. The van der Waals surface area contributed by atoms with Gasteiger partial charge in [0.05, 0.1) is 35.7 Å². The first-order valence-electron chi connectivity index (χ1n) is 6.59. The molecule has 1 unspecified atom stereocenters. The molecule has 1 aromatic carbocycles. The molecule has 0 heterocycles. The number of carbonyl (C=O) groups is 1. The van der Waals surface area contributed by atoms with E-state index in [4.69, 9.17) is 38.4 Å². The quantitative estimate of drug-likeness (QED) is 0.592. The third-order valence-corrected chi connectivity index (χ3v) is 3.12. The predicted molar refractivity (Wildman–Crippen MR) is 86.0 cm³/mol. The number of halogens is 2. The van der Waals surface area contributed by atoms with Crippen LogP contribution in [-0.2, 0) is 14.3 Å². The number of rotatable bonds is 7. The number of nitrogens with one attached hydrogen (secondary N) is 1. The molecular weight excluding hydrogens is 315 g/mol. The second-order valence-corrected chi connectivity index (χ2v) is 5.62. The van der Waals surface area contributed by atoms with Crippen molar-refractivity contribution < 1.29 is 14.3 Å². The van der Waals surface area contributed by atoms with Gasteiger partial charge in [0.25, 0.3) is 5.91 Å². The molecule has 3 N–H and O–H groups in total. The molecular formula is C14H20Cl2N2O3. The van der Waals surface area contributed by atoms with Crippen LogP contribution in [0, 0.1) is 0 Å². The van der Waals surface area contributed by atoms with Crippen LogP contribution in [-0.4, -0.2) is 31.3 Å². The van der Waals surface area contributed by atoms with Gasteiger partial charge in [-0.2, -0.15) is 0 Å². The van der Waals surface area contributed by atoms with Gasteiger partial charge in [0.2, 0.25) is 0 Å². The maximum Gasteiger partial charge on any atom is 0.253 e. The summed E-state index contributed by atoms with van der Waals surface area (Å²) in [5.74, 6) is -0.338. The van der Waals surface area contributed by atoms with E-state index < -0.39 is 6.10 Å². The lowest BCUT2D eigenvalue weighted by Gasteiger charge is -2.16. The molecule has 0 saturated carbocycles. The summed E-state index contributed by atoms with van der Waals surface area (Å²) in [5.41, 5.74) is 6.42. The van der Waals surface area contributed by atoms with E-state index in [0.29, 0.717) is 29.6 Å². The summed E-state index contributed by atoms with van der Waals surface area (Å²) < 4.78 is 10.7. The number of nitrogen functional groups attached to an aromatic ring is 1. The van der Waals surface area contributed by atoms with Crippen molar-refractivity contribution in [2.24, 2.45) is 0 Å². The first-order valence-corrected chi connectivity index (χ1v) is 7.35. The lowest BCUT2D eigenvalue weighted by atomic mass is 10.2. The van der Waals surface area contributed by atoms with Crippen LogP contribution in [0.1, 0.15) is 20.8 Å². The Labute approximate surface area is 134 Å². The molecule has 118 valence electrons. The van der Waals surface area contributed by atoms with Crippen molar-refractivity contribution in [1.29, 1.82) is 0 Å². The van der Waals surface area contributed by atoms with Crippen LogP contribution in [0.25, 0.3) is 0 Å². The zero-order valence-corrected chi connectivity index (χ0v) is 13.8. The highest BCUT2D eigenvalue weighted by atomic mass is 35.5. The molecule has 7 heteroatoms. The van der Waals surface area contributed by atoms with Crippen LogP contribution < -0.4 is 11.1 Å². The Morgan fingerprint density at radius 2 is 1.86 bits per heavy atom. The monoisotopic (exact) mass is 334 g/mol. The van der Waals surface area contributed by atoms with E-state index >= 15 is 0 Å². The van der Waals surface area contributed by atoms with Crippen molar-refractivity contribution in [3.05, 3.63) is 22.2 Å². The Bertz CT molecular complexity index is 472. The Balaban J connectivity index is 2.53. The molecule has 0 aliphatic rings. The Hall–Kier alpha value is -1.01. The number of hydrogen-bond donors (Lipinski definition) is 2. The van der Waals surface area contributed by atoms with Gasteiger partial charge in [-0.3, -0.25) is 4.79 Å². The normalized spacial score (nSPS) is 12.5. The van der Waals surface area contributed by atoms with Crippen LogP contribution in [0.15, 0.2) is 12.1 Å². The van der Waals surface area contributed by atoms with Crippen LogP contribution in [0.4, 0.5) is 11.4 Å². The van der Waals surface area contributed by atoms with Crippen molar-refractivity contribution in [3.8, 4) is 0 Å². The number of benzene rings is 1. The highest BCUT2D eigenvalue weighted by Crippen LogP contribution is 2.32. The van der Waals surface area contributed by atoms with Crippen molar-refractivity contribution in [2.45, 2.75) is 33.0 Å². The van der Waals surface area contributed by atoms with Gasteiger partial charge >= 0.3 is 0 Å². The summed E-state index contributed by atoms with van der Waals surface area (Å²) in [6.07, 6.45) is -0.516. The first kappa shape index (κ1) is 18.0. The molecule has 5 nitrogen and oxygen atoms in total. The minimum Gasteiger partial charge on any atom is -0.397 e. The number of ether oxygens (including phenoxy) is 2. The fraction of sp³-hybridized carbons (Fsp3) is 0.500. The average molecular weight is 335 g/mol. The largest absolute Gasteiger partial charge is 0.397 e. The molecule has 0 fully saturated rings. The molecule has 21 heavy (non-hydrogen) atoms. The molecule has 0 aromatic heterocycles. The minimum atomic E-state index is -0.646. The Morgan fingerprint density at radius 3 is 2.43 bits per heavy atom. The maximum atomic E-state index is 12.0. The van der Waals surface area contributed by atoms with Crippen molar-refractivity contribution in [2.75, 3.05) is 24.3 Å². The SMILES string of the molecule is CC(C)OCCOC(C)C(=O)Nc1c(N)cc(Cl)cc1Cl. The van der Waals surface area contributed by atoms with Gasteiger partial charge in [-0.25, -0.2) is 0 Å². The van der Waals surface area contributed by atoms with Gasteiger partial charge < -0.3 is 20.5 Å². The smallest absolute Gasteiger partial charge is 0.253 e. The van der Waals surface area contributed by atoms with Gasteiger partial charge in [0.1, 0.15) is 6.10 Å². The van der Waals surface area contributed by atoms with Crippen molar-refractivity contribution in [1.82, 2.24) is 0 Å². The zero-order chi connectivity index (χ0) is 16.0. The van der Waals surface area contributed by atoms with Crippen molar-refractivity contribution in [3.63, 3.8) is 0 Å². The Morgan fingerprint density at radius 1 is 1.24 bits per heavy atom. The molecule has 0 spiro atoms. The molecule has 0 aliphatic carbocycles. The number of anilines is 2. The standard InChI is InChI=1S/C14H20Cl2N2O3/c1-8(2)20-4-5-21-9(3)14(19)18-13-11(16)6-10(15)7-12(13)17/h6-9H,4-5,17H2,1-3H3,(H,18,19). The average Bonchev–Trinajstić information content (AvgIpc) is 2.38. The highest BCUT2D eigenvalue weighted by Gasteiger charge is 2.17. The van der Waals surface area contributed by atoms with Gasteiger partial charge in [-0.05, 0) is 32.9 Å². The zero-order valence-electron chi connectivity index (χ0n) is 12.3. The van der Waals surface area contributed by atoms with E-state index in [1.807, 2.05) is 13.8 Å². The van der Waals surface area contributed by atoms with Gasteiger partial charge in [-0.1, -0.05) is 23.2 Å². The molecule has 0 aliphatic heterocycles. The second kappa shape index (κ2) is 8.44. The summed E-state index contributed by atoms with van der Waals surface area (Å²) in [4.78, 5) is 12.0. The van der Waals surface area contributed by atoms with Crippen molar-refractivity contribution >= 4 is 40.5 Å². The van der Waals surface area contributed by atoms with E-state index in [-0.39, 0.29) is 17.0 Å². The van der Waals surface area contributed by atoms with Crippen LogP contribution in [0.5, 0.6) is 0 Å². The van der Waals surface area contributed by atoms with E-state index in [9.17, 15) is 4.79 Å². The topological polar surface area (TPSA) is 73.6 Å². The lowest BCUT2D eigenvalue weighted by Crippen LogP contribution is -2.29. The van der Waals surface area contributed by atoms with E-state index in [2.05, 4.69) is 5.32 Å². The van der Waals surface area contributed by atoms with E-state index in [1.165, 1.54) is 12.1 Å². The van der Waals surface area contributed by atoms with Gasteiger partial charge in [0.15, 0.2) is 0 Å². The maximum absolute atomic E-state index is 12.0. The van der Waals surface area contributed by atoms with Crippen LogP contribution in [0.2, 0.25) is 10.0 Å². The third kappa shape index (κ3) is 6.09. The summed E-state index contributed by atoms with van der Waals surface area (Å²) >= 11 is 11.8. The van der Waals surface area contributed by atoms with E-state index in [0.717, 1.165) is 0 Å². The molecule has 1 atom stereocenters. The molecule has 1 amide bonds. The highest BCUT2D eigenvalue weighted by molar-refractivity contribution is 6.37. The number of nitrogens with two attached hydrogens (primary N) is 1. The fourth-order valence-electron chi connectivity index (χ4n) is 1.53. The second-order valence-electron chi connectivity index (χ2n) is 4.77. The van der Waals surface area contributed by atoms with Crippen LogP contribution in [0.3, 0.4) is 0 Å². The number of hydrogen-bond acceptors (Lipinski definition) is 4. The molecule has 1 aromatic rings. The van der Waals surface area contributed by atoms with Gasteiger partial charge in [0, 0.05) is 5.02 Å². The summed E-state index contributed by atoms with van der Waals surface area (Å²) in [5, 5.41) is 3.32. The summed E-state index contributed by atoms with van der Waals surface area (Å²) in [6.45, 7) is 6.27. The molecule has 0 bridgehead atoms. The van der Waals surface area contributed by atoms with E-state index in [1.54, 1.807) is 6.92 Å². The Kier molecular flexibility index (Phi) is 7.25.